The Morgan fingerprint density at radius 2 is 2.11 bits per heavy atom. The third kappa shape index (κ3) is 2.82. The third-order valence-corrected chi connectivity index (χ3v) is 3.50. The van der Waals surface area contributed by atoms with Gasteiger partial charge in [-0.2, -0.15) is 0 Å². The summed E-state index contributed by atoms with van der Waals surface area (Å²) in [6.07, 6.45) is 2.59. The standard InChI is InChI=1S/C16H19NO2/c1-11-9-13(18-2)5-7-15(11)16-8-6-14(19-16)10-17-12-3-4-12/h5-9,12,17H,3-4,10H2,1-2H3. The van der Waals surface area contributed by atoms with E-state index in [1.807, 2.05) is 30.3 Å². The highest BCUT2D eigenvalue weighted by Gasteiger charge is 2.20. The molecule has 1 heterocycles. The molecule has 100 valence electrons. The van der Waals surface area contributed by atoms with Gasteiger partial charge < -0.3 is 14.5 Å². The average Bonchev–Trinajstić information content (AvgIpc) is 3.14. The summed E-state index contributed by atoms with van der Waals surface area (Å²) in [5.74, 6) is 2.80. The van der Waals surface area contributed by atoms with Crippen LogP contribution in [0.15, 0.2) is 34.7 Å². The van der Waals surface area contributed by atoms with Crippen molar-refractivity contribution in [1.82, 2.24) is 5.32 Å². The van der Waals surface area contributed by atoms with E-state index in [4.69, 9.17) is 9.15 Å². The first-order valence-electron chi connectivity index (χ1n) is 6.73. The van der Waals surface area contributed by atoms with Gasteiger partial charge in [-0.1, -0.05) is 0 Å². The monoisotopic (exact) mass is 257 g/mol. The van der Waals surface area contributed by atoms with Gasteiger partial charge in [0.15, 0.2) is 0 Å². The van der Waals surface area contributed by atoms with Crippen LogP contribution in [0.3, 0.4) is 0 Å². The van der Waals surface area contributed by atoms with Crippen molar-refractivity contribution in [2.75, 3.05) is 7.11 Å². The maximum atomic E-state index is 5.90. The lowest BCUT2D eigenvalue weighted by Crippen LogP contribution is -2.14. The largest absolute Gasteiger partial charge is 0.497 e. The van der Waals surface area contributed by atoms with E-state index in [0.29, 0.717) is 6.04 Å². The summed E-state index contributed by atoms with van der Waals surface area (Å²) in [7, 11) is 1.68. The molecule has 1 aliphatic rings. The van der Waals surface area contributed by atoms with Crippen LogP contribution in [0, 0.1) is 6.92 Å². The van der Waals surface area contributed by atoms with Crippen LogP contribution in [-0.2, 0) is 6.54 Å². The molecule has 1 N–H and O–H groups in total. The Morgan fingerprint density at radius 1 is 1.26 bits per heavy atom. The predicted molar refractivity (Wildman–Crippen MR) is 75.3 cm³/mol. The minimum Gasteiger partial charge on any atom is -0.497 e. The summed E-state index contributed by atoms with van der Waals surface area (Å²) in [6, 6.07) is 10.8. The molecule has 0 atom stereocenters. The van der Waals surface area contributed by atoms with Crippen molar-refractivity contribution in [3.05, 3.63) is 41.7 Å². The number of hydrogen-bond acceptors (Lipinski definition) is 3. The molecule has 0 spiro atoms. The molecule has 0 unspecified atom stereocenters. The molecule has 3 nitrogen and oxygen atoms in total. The van der Waals surface area contributed by atoms with Crippen molar-refractivity contribution in [2.24, 2.45) is 0 Å². The Bertz CT molecular complexity index is 570. The topological polar surface area (TPSA) is 34.4 Å². The van der Waals surface area contributed by atoms with Gasteiger partial charge in [-0.3, -0.25) is 0 Å². The molecular formula is C16H19NO2. The molecule has 1 aromatic heterocycles. The van der Waals surface area contributed by atoms with Crippen LogP contribution in [0.25, 0.3) is 11.3 Å². The first kappa shape index (κ1) is 12.3. The fourth-order valence-corrected chi connectivity index (χ4v) is 2.19. The van der Waals surface area contributed by atoms with Crippen molar-refractivity contribution < 1.29 is 9.15 Å². The Morgan fingerprint density at radius 3 is 2.79 bits per heavy atom. The number of benzene rings is 1. The third-order valence-electron chi connectivity index (χ3n) is 3.50. The first-order chi connectivity index (χ1) is 9.26. The highest BCUT2D eigenvalue weighted by atomic mass is 16.5. The molecule has 3 heteroatoms. The first-order valence-corrected chi connectivity index (χ1v) is 6.73. The van der Waals surface area contributed by atoms with Crippen LogP contribution < -0.4 is 10.1 Å². The molecule has 0 amide bonds. The molecule has 1 saturated carbocycles. The minimum atomic E-state index is 0.705. The molecule has 1 aliphatic carbocycles. The zero-order valence-corrected chi connectivity index (χ0v) is 11.4. The van der Waals surface area contributed by atoms with Gasteiger partial charge in [-0.25, -0.2) is 0 Å². The number of aryl methyl sites for hydroxylation is 1. The smallest absolute Gasteiger partial charge is 0.134 e. The lowest BCUT2D eigenvalue weighted by atomic mass is 10.1. The summed E-state index contributed by atoms with van der Waals surface area (Å²) in [5, 5.41) is 3.46. The number of nitrogens with one attached hydrogen (secondary N) is 1. The van der Waals surface area contributed by atoms with Gasteiger partial charge in [-0.05, 0) is 55.7 Å². The fraction of sp³-hybridized carbons (Fsp3) is 0.375. The number of rotatable bonds is 5. The lowest BCUT2D eigenvalue weighted by molar-refractivity contribution is 0.414. The summed E-state index contributed by atoms with van der Waals surface area (Å²) < 4.78 is 11.1. The summed E-state index contributed by atoms with van der Waals surface area (Å²) in [4.78, 5) is 0. The van der Waals surface area contributed by atoms with Crippen molar-refractivity contribution in [2.45, 2.75) is 32.4 Å². The summed E-state index contributed by atoms with van der Waals surface area (Å²) in [6.45, 7) is 2.89. The highest BCUT2D eigenvalue weighted by molar-refractivity contribution is 5.63. The fourth-order valence-electron chi connectivity index (χ4n) is 2.19. The number of methoxy groups -OCH3 is 1. The van der Waals surface area contributed by atoms with Crippen LogP contribution in [0.4, 0.5) is 0 Å². The summed E-state index contributed by atoms with van der Waals surface area (Å²) in [5.41, 5.74) is 2.29. The molecule has 3 rings (SSSR count). The van der Waals surface area contributed by atoms with Crippen molar-refractivity contribution in [3.8, 4) is 17.1 Å². The van der Waals surface area contributed by atoms with E-state index in [-0.39, 0.29) is 0 Å². The van der Waals surface area contributed by atoms with E-state index in [1.54, 1.807) is 7.11 Å². The minimum absolute atomic E-state index is 0.705. The molecule has 0 radical (unpaired) electrons. The second kappa shape index (κ2) is 5.10. The highest BCUT2D eigenvalue weighted by Crippen LogP contribution is 2.28. The Hall–Kier alpha value is -1.74. The van der Waals surface area contributed by atoms with E-state index in [2.05, 4.69) is 12.2 Å². The quantitative estimate of drug-likeness (QED) is 0.890. The number of hydrogen-bond donors (Lipinski definition) is 1. The van der Waals surface area contributed by atoms with E-state index < -0.39 is 0 Å². The molecule has 1 aromatic carbocycles. The Labute approximate surface area is 113 Å². The van der Waals surface area contributed by atoms with Crippen LogP contribution in [-0.4, -0.2) is 13.2 Å². The van der Waals surface area contributed by atoms with Crippen LogP contribution in [0.5, 0.6) is 5.75 Å². The van der Waals surface area contributed by atoms with Gasteiger partial charge in [0.05, 0.1) is 13.7 Å². The van der Waals surface area contributed by atoms with Crippen molar-refractivity contribution in [1.29, 1.82) is 0 Å². The van der Waals surface area contributed by atoms with E-state index in [9.17, 15) is 0 Å². The number of furan rings is 1. The normalized spacial score (nSPS) is 14.6. The van der Waals surface area contributed by atoms with Crippen LogP contribution >= 0.6 is 0 Å². The molecule has 1 fully saturated rings. The van der Waals surface area contributed by atoms with E-state index >= 15 is 0 Å². The van der Waals surface area contributed by atoms with Gasteiger partial charge in [0.1, 0.15) is 17.3 Å². The second-order valence-corrected chi connectivity index (χ2v) is 5.10. The number of ether oxygens (including phenoxy) is 1. The zero-order chi connectivity index (χ0) is 13.2. The van der Waals surface area contributed by atoms with Gasteiger partial charge in [0, 0.05) is 11.6 Å². The van der Waals surface area contributed by atoms with Gasteiger partial charge in [-0.15, -0.1) is 0 Å². The maximum absolute atomic E-state index is 5.90. The van der Waals surface area contributed by atoms with Crippen molar-refractivity contribution in [3.63, 3.8) is 0 Å². The SMILES string of the molecule is COc1ccc(-c2ccc(CNC3CC3)o2)c(C)c1. The second-order valence-electron chi connectivity index (χ2n) is 5.10. The van der Waals surface area contributed by atoms with E-state index in [1.165, 1.54) is 12.8 Å². The van der Waals surface area contributed by atoms with Crippen LogP contribution in [0.2, 0.25) is 0 Å². The molecule has 2 aromatic rings. The Kier molecular flexibility index (Phi) is 3.30. The van der Waals surface area contributed by atoms with Gasteiger partial charge in [0.25, 0.3) is 0 Å². The molecule has 0 aliphatic heterocycles. The molecule has 0 bridgehead atoms. The zero-order valence-electron chi connectivity index (χ0n) is 11.4. The molecule has 19 heavy (non-hydrogen) atoms. The van der Waals surface area contributed by atoms with Crippen molar-refractivity contribution >= 4 is 0 Å². The van der Waals surface area contributed by atoms with Gasteiger partial charge >= 0.3 is 0 Å². The van der Waals surface area contributed by atoms with Crippen LogP contribution in [0.1, 0.15) is 24.2 Å². The average molecular weight is 257 g/mol. The van der Waals surface area contributed by atoms with Gasteiger partial charge in [0.2, 0.25) is 0 Å². The summed E-state index contributed by atoms with van der Waals surface area (Å²) >= 11 is 0. The lowest BCUT2D eigenvalue weighted by Gasteiger charge is -2.06. The Balaban J connectivity index is 1.77. The molecule has 0 saturated heterocycles. The van der Waals surface area contributed by atoms with E-state index in [0.717, 1.165) is 34.9 Å². The maximum Gasteiger partial charge on any atom is 0.134 e. The molecular weight excluding hydrogens is 238 g/mol. The predicted octanol–water partition coefficient (Wildman–Crippen LogP) is 3.52.